The molecule has 0 spiro atoms. The number of nitrogens with zero attached hydrogens (tertiary/aromatic N) is 1. The van der Waals surface area contributed by atoms with Gasteiger partial charge in [-0.15, -0.1) is 4.09 Å². The van der Waals surface area contributed by atoms with Gasteiger partial charge in [-0.2, -0.15) is 0 Å². The Morgan fingerprint density at radius 2 is 1.88 bits per heavy atom. The second-order valence-electron chi connectivity index (χ2n) is 3.78. The highest BCUT2D eigenvalue weighted by Gasteiger charge is 2.17. The molecule has 0 amide bonds. The predicted octanol–water partition coefficient (Wildman–Crippen LogP) is 0.863. The van der Waals surface area contributed by atoms with Crippen LogP contribution in [0.2, 0.25) is 0 Å². The van der Waals surface area contributed by atoms with E-state index in [1.807, 2.05) is 0 Å². The van der Waals surface area contributed by atoms with Gasteiger partial charge in [-0.1, -0.05) is 30.3 Å². The van der Waals surface area contributed by atoms with Crippen LogP contribution in [0, 0.1) is 6.92 Å². The lowest BCUT2D eigenvalue weighted by Gasteiger charge is -2.04. The van der Waals surface area contributed by atoms with Gasteiger partial charge in [-0.3, -0.25) is 9.89 Å². The van der Waals surface area contributed by atoms with Gasteiger partial charge in [0.2, 0.25) is 0 Å². The highest BCUT2D eigenvalue weighted by atomic mass is 32.2. The molecule has 0 aliphatic carbocycles. The fraction of sp³-hybridized carbons (Fsp3) is 0.182. The third-order valence-electron chi connectivity index (χ3n) is 2.29. The van der Waals surface area contributed by atoms with E-state index in [1.54, 1.807) is 37.3 Å². The second kappa shape index (κ2) is 4.21. The van der Waals surface area contributed by atoms with E-state index >= 15 is 0 Å². The van der Waals surface area contributed by atoms with Crippen LogP contribution in [0.1, 0.15) is 11.3 Å². The van der Waals surface area contributed by atoms with Gasteiger partial charge in [-0.05, 0) is 12.5 Å². The lowest BCUT2D eigenvalue weighted by atomic mass is 10.2. The molecule has 0 bridgehead atoms. The molecule has 1 aromatic carbocycles. The van der Waals surface area contributed by atoms with Crippen molar-refractivity contribution in [1.29, 1.82) is 0 Å². The molecule has 0 unspecified atom stereocenters. The maximum atomic E-state index is 12.0. The zero-order valence-corrected chi connectivity index (χ0v) is 10.1. The van der Waals surface area contributed by atoms with E-state index in [9.17, 15) is 13.2 Å². The number of hydrogen-bond acceptors (Lipinski definition) is 3. The molecule has 0 saturated carbocycles. The molecule has 0 fully saturated rings. The van der Waals surface area contributed by atoms with Crippen molar-refractivity contribution in [3.05, 3.63) is 58.0 Å². The van der Waals surface area contributed by atoms with E-state index in [0.717, 1.165) is 0 Å². The highest BCUT2D eigenvalue weighted by Crippen LogP contribution is 2.06. The Morgan fingerprint density at radius 1 is 1.24 bits per heavy atom. The van der Waals surface area contributed by atoms with Crippen molar-refractivity contribution in [3.63, 3.8) is 0 Å². The fourth-order valence-corrected chi connectivity index (χ4v) is 2.90. The van der Waals surface area contributed by atoms with Gasteiger partial charge in [0.1, 0.15) is 0 Å². The molecule has 2 aromatic rings. The van der Waals surface area contributed by atoms with Crippen molar-refractivity contribution in [3.8, 4) is 0 Å². The van der Waals surface area contributed by atoms with Crippen LogP contribution in [-0.4, -0.2) is 17.6 Å². The van der Waals surface area contributed by atoms with Crippen molar-refractivity contribution in [1.82, 2.24) is 9.19 Å². The summed E-state index contributed by atoms with van der Waals surface area (Å²) in [6.45, 7) is 1.63. The standard InChI is InChI=1S/C11H12N2O3S/c1-9-7-11(14)13(12-9)17(15,16)8-10-5-3-2-4-6-10/h2-7,12H,8H2,1H3. The number of aromatic nitrogens is 2. The van der Waals surface area contributed by atoms with Gasteiger partial charge in [0.15, 0.2) is 0 Å². The molecule has 1 aromatic heterocycles. The Bertz CT molecular complexity index is 668. The fourth-order valence-electron chi connectivity index (χ4n) is 1.55. The normalized spacial score (nSPS) is 11.6. The van der Waals surface area contributed by atoms with Crippen LogP contribution < -0.4 is 5.56 Å². The minimum atomic E-state index is -3.67. The number of benzene rings is 1. The summed E-state index contributed by atoms with van der Waals surface area (Å²) in [6.07, 6.45) is 0. The van der Waals surface area contributed by atoms with Crippen molar-refractivity contribution in [2.45, 2.75) is 12.7 Å². The summed E-state index contributed by atoms with van der Waals surface area (Å²) in [6, 6.07) is 9.99. The van der Waals surface area contributed by atoms with E-state index in [2.05, 4.69) is 5.10 Å². The third-order valence-corrected chi connectivity index (χ3v) is 3.81. The van der Waals surface area contributed by atoms with Crippen LogP contribution in [0.25, 0.3) is 0 Å². The summed E-state index contributed by atoms with van der Waals surface area (Å²) < 4.78 is 24.6. The van der Waals surface area contributed by atoms with E-state index in [0.29, 0.717) is 15.3 Å². The van der Waals surface area contributed by atoms with Crippen LogP contribution in [0.15, 0.2) is 41.2 Å². The van der Waals surface area contributed by atoms with E-state index in [1.165, 1.54) is 6.07 Å². The van der Waals surface area contributed by atoms with Crippen LogP contribution >= 0.6 is 0 Å². The molecular formula is C11H12N2O3S. The summed E-state index contributed by atoms with van der Waals surface area (Å²) in [4.78, 5) is 11.4. The minimum Gasteiger partial charge on any atom is -0.286 e. The Kier molecular flexibility index (Phi) is 2.89. The molecule has 1 heterocycles. The predicted molar refractivity (Wildman–Crippen MR) is 64.3 cm³/mol. The number of nitrogens with one attached hydrogen (secondary N) is 1. The molecule has 0 atom stereocenters. The second-order valence-corrected chi connectivity index (χ2v) is 5.60. The number of aryl methyl sites for hydroxylation is 1. The third kappa shape index (κ3) is 2.47. The molecule has 0 radical (unpaired) electrons. The average molecular weight is 252 g/mol. The number of hydrogen-bond donors (Lipinski definition) is 1. The van der Waals surface area contributed by atoms with Crippen LogP contribution in [-0.2, 0) is 15.8 Å². The van der Waals surface area contributed by atoms with Crippen LogP contribution in [0.4, 0.5) is 0 Å². The van der Waals surface area contributed by atoms with Crippen LogP contribution in [0.3, 0.4) is 0 Å². The summed E-state index contributed by atoms with van der Waals surface area (Å²) in [7, 11) is -3.67. The van der Waals surface area contributed by atoms with Crippen molar-refractivity contribution in [2.75, 3.05) is 0 Å². The Morgan fingerprint density at radius 3 is 2.41 bits per heavy atom. The Balaban J connectivity index is 2.39. The maximum Gasteiger partial charge on any atom is 0.281 e. The zero-order chi connectivity index (χ0) is 12.5. The molecule has 6 heteroatoms. The largest absolute Gasteiger partial charge is 0.286 e. The summed E-state index contributed by atoms with van der Waals surface area (Å²) in [5.41, 5.74) is 0.608. The summed E-state index contributed by atoms with van der Waals surface area (Å²) in [5.74, 6) is -0.201. The van der Waals surface area contributed by atoms with Crippen molar-refractivity contribution < 1.29 is 8.42 Å². The molecule has 1 N–H and O–H groups in total. The number of aromatic amines is 1. The Hall–Kier alpha value is -1.82. The summed E-state index contributed by atoms with van der Waals surface area (Å²) in [5, 5.41) is 2.52. The minimum absolute atomic E-state index is 0.201. The molecule has 0 aliphatic rings. The van der Waals surface area contributed by atoms with Gasteiger partial charge in [0.05, 0.1) is 5.75 Å². The quantitative estimate of drug-likeness (QED) is 0.880. The van der Waals surface area contributed by atoms with Gasteiger partial charge in [-0.25, -0.2) is 8.42 Å². The van der Waals surface area contributed by atoms with Gasteiger partial charge in [0, 0.05) is 11.8 Å². The molecule has 17 heavy (non-hydrogen) atoms. The number of rotatable bonds is 3. The summed E-state index contributed by atoms with van der Waals surface area (Å²) >= 11 is 0. The molecule has 2 rings (SSSR count). The van der Waals surface area contributed by atoms with E-state index in [4.69, 9.17) is 0 Å². The highest BCUT2D eigenvalue weighted by molar-refractivity contribution is 7.89. The first-order valence-electron chi connectivity index (χ1n) is 5.05. The molecule has 90 valence electrons. The van der Waals surface area contributed by atoms with E-state index < -0.39 is 15.6 Å². The lowest BCUT2D eigenvalue weighted by molar-refractivity contribution is 0.576. The van der Waals surface area contributed by atoms with Crippen molar-refractivity contribution in [2.24, 2.45) is 0 Å². The van der Waals surface area contributed by atoms with Gasteiger partial charge in [0.25, 0.3) is 15.6 Å². The average Bonchev–Trinajstić information content (AvgIpc) is 2.59. The molecular weight excluding hydrogens is 240 g/mol. The monoisotopic (exact) mass is 252 g/mol. The van der Waals surface area contributed by atoms with Crippen LogP contribution in [0.5, 0.6) is 0 Å². The molecule has 5 nitrogen and oxygen atoms in total. The maximum absolute atomic E-state index is 12.0. The van der Waals surface area contributed by atoms with Gasteiger partial charge >= 0.3 is 0 Å². The molecule has 0 saturated heterocycles. The van der Waals surface area contributed by atoms with E-state index in [-0.39, 0.29) is 5.75 Å². The van der Waals surface area contributed by atoms with Crippen molar-refractivity contribution >= 4 is 10.0 Å². The SMILES string of the molecule is Cc1cc(=O)n(S(=O)(=O)Cc2ccccc2)[nH]1. The zero-order valence-electron chi connectivity index (χ0n) is 9.25. The first-order valence-corrected chi connectivity index (χ1v) is 6.66. The number of H-pyrrole nitrogens is 1. The lowest BCUT2D eigenvalue weighted by Crippen LogP contribution is -2.26. The topological polar surface area (TPSA) is 71.9 Å². The smallest absolute Gasteiger partial charge is 0.281 e. The van der Waals surface area contributed by atoms with Gasteiger partial charge < -0.3 is 0 Å². The first-order chi connectivity index (χ1) is 7.99. The molecule has 0 aliphatic heterocycles. The Labute approximate surface area is 98.7 Å². The first kappa shape index (κ1) is 11.7.